The van der Waals surface area contributed by atoms with Crippen molar-refractivity contribution in [2.75, 3.05) is 6.54 Å². The summed E-state index contributed by atoms with van der Waals surface area (Å²) in [7, 11) is 0. The number of aryl methyl sites for hydroxylation is 2. The fourth-order valence-electron chi connectivity index (χ4n) is 2.32. The second-order valence-corrected chi connectivity index (χ2v) is 6.65. The normalized spacial score (nSPS) is 14.2. The molecule has 1 aromatic heterocycles. The highest BCUT2D eigenvalue weighted by Gasteiger charge is 2.15. The predicted molar refractivity (Wildman–Crippen MR) is 81.5 cm³/mol. The fourth-order valence-corrected chi connectivity index (χ4v) is 3.34. The number of benzene rings is 1. The summed E-state index contributed by atoms with van der Waals surface area (Å²) in [5.74, 6) is -1.85. The lowest BCUT2D eigenvalue weighted by Gasteiger charge is -2.17. The van der Waals surface area contributed by atoms with Gasteiger partial charge >= 0.3 is 0 Å². The largest absolute Gasteiger partial charge is 0.387 e. The third-order valence-electron chi connectivity index (χ3n) is 3.49. The number of nitrogens with one attached hydrogen (secondary N) is 1. The van der Waals surface area contributed by atoms with Crippen LogP contribution in [0.2, 0.25) is 0 Å². The van der Waals surface area contributed by atoms with Crippen LogP contribution in [0.25, 0.3) is 0 Å². The van der Waals surface area contributed by atoms with Gasteiger partial charge in [-0.1, -0.05) is 6.07 Å². The van der Waals surface area contributed by atoms with E-state index in [1.807, 2.05) is 6.92 Å². The van der Waals surface area contributed by atoms with Gasteiger partial charge in [-0.15, -0.1) is 11.3 Å². The van der Waals surface area contributed by atoms with Gasteiger partial charge in [0.15, 0.2) is 11.6 Å². The van der Waals surface area contributed by atoms with Gasteiger partial charge in [-0.05, 0) is 50.1 Å². The molecule has 21 heavy (non-hydrogen) atoms. The molecule has 114 valence electrons. The third kappa shape index (κ3) is 3.87. The standard InChI is InChI=1S/C16H19F2NOS/c1-9-6-13(11(3)21-9)10(2)19-8-16(20)12-4-5-14(17)15(18)7-12/h4-7,10,16,19-20H,8H2,1-3H3. The van der Waals surface area contributed by atoms with Crippen molar-refractivity contribution in [3.63, 3.8) is 0 Å². The van der Waals surface area contributed by atoms with Crippen molar-refractivity contribution in [2.24, 2.45) is 0 Å². The summed E-state index contributed by atoms with van der Waals surface area (Å²) in [6, 6.07) is 5.68. The van der Waals surface area contributed by atoms with Crippen LogP contribution in [0, 0.1) is 25.5 Å². The molecule has 0 aliphatic carbocycles. The van der Waals surface area contributed by atoms with Crippen molar-refractivity contribution in [3.8, 4) is 0 Å². The molecule has 2 rings (SSSR count). The smallest absolute Gasteiger partial charge is 0.159 e. The number of aliphatic hydroxyl groups is 1. The second-order valence-electron chi connectivity index (χ2n) is 5.19. The summed E-state index contributed by atoms with van der Waals surface area (Å²) in [6.07, 6.45) is -0.873. The molecular weight excluding hydrogens is 292 g/mol. The summed E-state index contributed by atoms with van der Waals surface area (Å²) >= 11 is 1.74. The van der Waals surface area contributed by atoms with Crippen molar-refractivity contribution < 1.29 is 13.9 Å². The predicted octanol–water partition coefficient (Wildman–Crippen LogP) is 4.03. The Morgan fingerprint density at radius 3 is 2.48 bits per heavy atom. The van der Waals surface area contributed by atoms with Crippen LogP contribution in [-0.2, 0) is 0 Å². The Balaban J connectivity index is 1.98. The molecule has 0 amide bonds. The number of hydrogen-bond donors (Lipinski definition) is 2. The van der Waals surface area contributed by atoms with Gasteiger partial charge < -0.3 is 10.4 Å². The molecule has 0 radical (unpaired) electrons. The topological polar surface area (TPSA) is 32.3 Å². The molecule has 0 bridgehead atoms. The highest BCUT2D eigenvalue weighted by molar-refractivity contribution is 7.12. The van der Waals surface area contributed by atoms with Crippen LogP contribution in [0.4, 0.5) is 8.78 Å². The molecule has 2 aromatic rings. The summed E-state index contributed by atoms with van der Waals surface area (Å²) in [5.41, 5.74) is 1.57. The summed E-state index contributed by atoms with van der Waals surface area (Å²) in [6.45, 7) is 6.42. The maximum Gasteiger partial charge on any atom is 0.159 e. The minimum atomic E-state index is -0.941. The fraction of sp³-hybridized carbons (Fsp3) is 0.375. The van der Waals surface area contributed by atoms with E-state index in [0.29, 0.717) is 5.56 Å². The van der Waals surface area contributed by atoms with E-state index < -0.39 is 17.7 Å². The van der Waals surface area contributed by atoms with Gasteiger partial charge in [0.25, 0.3) is 0 Å². The average Bonchev–Trinajstić information content (AvgIpc) is 2.77. The van der Waals surface area contributed by atoms with E-state index in [0.717, 1.165) is 12.1 Å². The van der Waals surface area contributed by atoms with E-state index in [-0.39, 0.29) is 12.6 Å². The summed E-state index contributed by atoms with van der Waals surface area (Å²) < 4.78 is 26.0. The minimum Gasteiger partial charge on any atom is -0.387 e. The molecule has 0 saturated carbocycles. The van der Waals surface area contributed by atoms with Gasteiger partial charge in [0.05, 0.1) is 6.10 Å². The van der Waals surface area contributed by atoms with E-state index in [2.05, 4.69) is 25.2 Å². The van der Waals surface area contributed by atoms with Gasteiger partial charge in [-0.3, -0.25) is 0 Å². The molecule has 0 fully saturated rings. The Morgan fingerprint density at radius 2 is 1.90 bits per heavy atom. The number of thiophene rings is 1. The van der Waals surface area contributed by atoms with Crippen LogP contribution in [-0.4, -0.2) is 11.7 Å². The van der Waals surface area contributed by atoms with Crippen LogP contribution in [0.3, 0.4) is 0 Å². The molecule has 2 unspecified atom stereocenters. The van der Waals surface area contributed by atoms with Gasteiger partial charge in [-0.25, -0.2) is 8.78 Å². The zero-order valence-corrected chi connectivity index (χ0v) is 13.1. The minimum absolute atomic E-state index is 0.0925. The molecule has 0 spiro atoms. The molecule has 0 aliphatic rings. The first-order valence-electron chi connectivity index (χ1n) is 6.81. The number of rotatable bonds is 5. The zero-order valence-electron chi connectivity index (χ0n) is 12.3. The van der Waals surface area contributed by atoms with E-state index in [4.69, 9.17) is 0 Å². The Bertz CT molecular complexity index is 627. The van der Waals surface area contributed by atoms with E-state index in [1.165, 1.54) is 21.4 Å². The van der Waals surface area contributed by atoms with Crippen LogP contribution in [0.15, 0.2) is 24.3 Å². The van der Waals surface area contributed by atoms with Gasteiger partial charge in [0.1, 0.15) is 0 Å². The maximum absolute atomic E-state index is 13.2. The Kier molecular flexibility index (Phi) is 5.08. The van der Waals surface area contributed by atoms with Crippen molar-refractivity contribution in [1.29, 1.82) is 0 Å². The number of halogens is 2. The van der Waals surface area contributed by atoms with Crippen LogP contribution in [0.1, 0.15) is 40.0 Å². The summed E-state index contributed by atoms with van der Waals surface area (Å²) in [4.78, 5) is 2.49. The van der Waals surface area contributed by atoms with Crippen molar-refractivity contribution in [1.82, 2.24) is 5.32 Å². The lowest BCUT2D eigenvalue weighted by atomic mass is 10.1. The lowest BCUT2D eigenvalue weighted by molar-refractivity contribution is 0.170. The van der Waals surface area contributed by atoms with Crippen molar-refractivity contribution in [2.45, 2.75) is 32.9 Å². The molecule has 2 N–H and O–H groups in total. The lowest BCUT2D eigenvalue weighted by Crippen LogP contribution is -2.24. The highest BCUT2D eigenvalue weighted by Crippen LogP contribution is 2.26. The number of aliphatic hydroxyl groups excluding tert-OH is 1. The van der Waals surface area contributed by atoms with Gasteiger partial charge in [-0.2, -0.15) is 0 Å². The Morgan fingerprint density at radius 1 is 1.19 bits per heavy atom. The molecule has 2 nitrogen and oxygen atoms in total. The number of hydrogen-bond acceptors (Lipinski definition) is 3. The molecular formula is C16H19F2NOS. The SMILES string of the molecule is Cc1cc(C(C)NCC(O)c2ccc(F)c(F)c2)c(C)s1. The maximum atomic E-state index is 13.2. The van der Waals surface area contributed by atoms with Crippen molar-refractivity contribution in [3.05, 3.63) is 56.8 Å². The molecule has 0 saturated heterocycles. The van der Waals surface area contributed by atoms with Gasteiger partial charge in [0.2, 0.25) is 0 Å². The van der Waals surface area contributed by atoms with E-state index in [1.54, 1.807) is 11.3 Å². The van der Waals surface area contributed by atoms with Crippen LogP contribution < -0.4 is 5.32 Å². The third-order valence-corrected chi connectivity index (χ3v) is 4.47. The molecule has 2 atom stereocenters. The Hall–Kier alpha value is -1.30. The average molecular weight is 311 g/mol. The second kappa shape index (κ2) is 6.64. The van der Waals surface area contributed by atoms with E-state index >= 15 is 0 Å². The van der Waals surface area contributed by atoms with Crippen LogP contribution in [0.5, 0.6) is 0 Å². The van der Waals surface area contributed by atoms with Gasteiger partial charge in [0, 0.05) is 22.3 Å². The molecule has 0 aliphatic heterocycles. The first-order valence-corrected chi connectivity index (χ1v) is 7.63. The Labute approximate surface area is 127 Å². The summed E-state index contributed by atoms with van der Waals surface area (Å²) in [5, 5.41) is 13.3. The highest BCUT2D eigenvalue weighted by atomic mass is 32.1. The first-order chi connectivity index (χ1) is 9.88. The van der Waals surface area contributed by atoms with Crippen molar-refractivity contribution >= 4 is 11.3 Å². The molecule has 1 aromatic carbocycles. The first kappa shape index (κ1) is 16.1. The molecule has 1 heterocycles. The zero-order chi connectivity index (χ0) is 15.6. The van der Waals surface area contributed by atoms with E-state index in [9.17, 15) is 13.9 Å². The quantitative estimate of drug-likeness (QED) is 0.874. The monoisotopic (exact) mass is 311 g/mol. The van der Waals surface area contributed by atoms with Crippen LogP contribution >= 0.6 is 11.3 Å². The molecule has 5 heteroatoms.